The van der Waals surface area contributed by atoms with Crippen LogP contribution in [0.5, 0.6) is 5.75 Å². The van der Waals surface area contributed by atoms with Gasteiger partial charge < -0.3 is 15.2 Å². The number of nitrogens with one attached hydrogen (secondary N) is 1. The van der Waals surface area contributed by atoms with E-state index in [0.29, 0.717) is 30.8 Å². The number of aliphatic imine (C=N–C) groups is 1. The highest BCUT2D eigenvalue weighted by Gasteiger charge is 2.19. The summed E-state index contributed by atoms with van der Waals surface area (Å²) in [5.41, 5.74) is 3.40. The number of halogens is 2. The summed E-state index contributed by atoms with van der Waals surface area (Å²) in [6, 6.07) is 11.2. The van der Waals surface area contributed by atoms with E-state index < -0.39 is 5.91 Å². The summed E-state index contributed by atoms with van der Waals surface area (Å²) >= 11 is 12.0. The third-order valence-corrected chi connectivity index (χ3v) is 5.27. The van der Waals surface area contributed by atoms with Crippen LogP contribution < -0.4 is 5.32 Å². The predicted octanol–water partition coefficient (Wildman–Crippen LogP) is 5.47. The van der Waals surface area contributed by atoms with E-state index in [4.69, 9.17) is 27.9 Å². The zero-order chi connectivity index (χ0) is 21.9. The lowest BCUT2D eigenvalue weighted by atomic mass is 9.87. The maximum Gasteiger partial charge on any atom is 0.307 e. The van der Waals surface area contributed by atoms with Gasteiger partial charge in [-0.05, 0) is 28.7 Å². The standard InChI is InChI=1S/C23H24Cl2N2O3/c1-23(2,3)16-8-6-14(7-9-16)13-26-21(29)22-27-19(5-4-10-30-22)15-11-17(24)20(28)18(25)12-15/h5-9,11-12,28H,4,10,13H2,1-3H3,(H,26,29). The molecular weight excluding hydrogens is 423 g/mol. The zero-order valence-electron chi connectivity index (χ0n) is 17.1. The maximum atomic E-state index is 12.6. The number of rotatable bonds is 4. The fourth-order valence-corrected chi connectivity index (χ4v) is 3.42. The Morgan fingerprint density at radius 1 is 1.17 bits per heavy atom. The summed E-state index contributed by atoms with van der Waals surface area (Å²) in [4.78, 5) is 17.0. The molecule has 0 radical (unpaired) electrons. The Labute approximate surface area is 186 Å². The molecule has 158 valence electrons. The number of amides is 1. The first-order valence-electron chi connectivity index (χ1n) is 9.63. The second kappa shape index (κ2) is 9.11. The van der Waals surface area contributed by atoms with Crippen molar-refractivity contribution in [2.24, 2.45) is 4.99 Å². The predicted molar refractivity (Wildman–Crippen MR) is 121 cm³/mol. The van der Waals surface area contributed by atoms with Crippen LogP contribution in [0.2, 0.25) is 10.0 Å². The molecule has 0 aliphatic carbocycles. The summed E-state index contributed by atoms with van der Waals surface area (Å²) in [5, 5.41) is 12.8. The van der Waals surface area contributed by atoms with Gasteiger partial charge in [-0.1, -0.05) is 74.3 Å². The molecule has 1 aliphatic heterocycles. The summed E-state index contributed by atoms with van der Waals surface area (Å²) in [7, 11) is 0. The lowest BCUT2D eigenvalue weighted by Crippen LogP contribution is -2.32. The number of ether oxygens (including phenoxy) is 1. The normalized spacial score (nSPS) is 14.3. The molecule has 1 heterocycles. The average Bonchev–Trinajstić information content (AvgIpc) is 2.96. The van der Waals surface area contributed by atoms with Gasteiger partial charge in [-0.15, -0.1) is 0 Å². The van der Waals surface area contributed by atoms with E-state index in [2.05, 4.69) is 43.2 Å². The van der Waals surface area contributed by atoms with E-state index in [0.717, 1.165) is 5.56 Å². The van der Waals surface area contributed by atoms with Crippen molar-refractivity contribution < 1.29 is 14.6 Å². The first kappa shape index (κ1) is 22.2. The first-order valence-corrected chi connectivity index (χ1v) is 10.4. The number of aromatic hydroxyl groups is 1. The summed E-state index contributed by atoms with van der Waals surface area (Å²) in [6.07, 6.45) is 2.41. The van der Waals surface area contributed by atoms with Crippen molar-refractivity contribution in [3.8, 4) is 5.75 Å². The topological polar surface area (TPSA) is 70.9 Å². The van der Waals surface area contributed by atoms with Crippen LogP contribution in [0.3, 0.4) is 0 Å². The second-order valence-electron chi connectivity index (χ2n) is 8.06. The van der Waals surface area contributed by atoms with Crippen molar-refractivity contribution in [3.05, 3.63) is 69.2 Å². The van der Waals surface area contributed by atoms with Crippen LogP contribution in [0, 0.1) is 0 Å². The molecule has 0 aromatic heterocycles. The Bertz CT molecular complexity index is 983. The van der Waals surface area contributed by atoms with Crippen LogP contribution in [0.1, 0.15) is 43.9 Å². The van der Waals surface area contributed by atoms with Gasteiger partial charge in [0.05, 0.1) is 22.3 Å². The minimum Gasteiger partial charge on any atom is -0.505 e. The van der Waals surface area contributed by atoms with Crippen molar-refractivity contribution in [2.75, 3.05) is 6.61 Å². The molecule has 0 unspecified atom stereocenters. The Morgan fingerprint density at radius 3 is 2.40 bits per heavy atom. The number of phenolic OH excluding ortho intramolecular Hbond substituents is 1. The van der Waals surface area contributed by atoms with Gasteiger partial charge in [-0.3, -0.25) is 4.79 Å². The SMILES string of the molecule is CC(C)(C)c1ccc(CNC(=O)C2=NC(c3cc(Cl)c(O)c(Cl)c3)=CCCO2)cc1. The molecule has 7 heteroatoms. The minimum atomic E-state index is -0.404. The van der Waals surface area contributed by atoms with Crippen LogP contribution in [0.15, 0.2) is 47.5 Å². The van der Waals surface area contributed by atoms with Gasteiger partial charge in [0.15, 0.2) is 5.75 Å². The molecule has 0 fully saturated rings. The van der Waals surface area contributed by atoms with Crippen LogP contribution in [0.4, 0.5) is 0 Å². The summed E-state index contributed by atoms with van der Waals surface area (Å²) in [5.74, 6) is -0.615. The minimum absolute atomic E-state index is 0.0228. The van der Waals surface area contributed by atoms with Gasteiger partial charge in [-0.25, -0.2) is 4.99 Å². The monoisotopic (exact) mass is 446 g/mol. The van der Waals surface area contributed by atoms with E-state index in [1.807, 2.05) is 18.2 Å². The highest BCUT2D eigenvalue weighted by molar-refractivity contribution is 6.38. The van der Waals surface area contributed by atoms with Gasteiger partial charge in [0.2, 0.25) is 0 Å². The Hall–Kier alpha value is -2.50. The first-order chi connectivity index (χ1) is 14.1. The average molecular weight is 447 g/mol. The molecule has 0 saturated heterocycles. The molecule has 3 rings (SSSR count). The molecular formula is C23H24Cl2N2O3. The number of hydrogen-bond donors (Lipinski definition) is 2. The number of nitrogens with zero attached hydrogens (tertiary/aromatic N) is 1. The van der Waals surface area contributed by atoms with Gasteiger partial charge >= 0.3 is 5.91 Å². The second-order valence-corrected chi connectivity index (χ2v) is 8.88. The van der Waals surface area contributed by atoms with Crippen LogP contribution in [-0.2, 0) is 21.5 Å². The molecule has 2 aromatic rings. The van der Waals surface area contributed by atoms with Crippen molar-refractivity contribution >= 4 is 40.7 Å². The quantitative estimate of drug-likeness (QED) is 0.653. The fraction of sp³-hybridized carbons (Fsp3) is 0.304. The summed E-state index contributed by atoms with van der Waals surface area (Å²) in [6.45, 7) is 7.16. The number of benzene rings is 2. The van der Waals surface area contributed by atoms with E-state index >= 15 is 0 Å². The van der Waals surface area contributed by atoms with Crippen LogP contribution >= 0.6 is 23.2 Å². The lowest BCUT2D eigenvalue weighted by molar-refractivity contribution is -0.116. The molecule has 1 aliphatic rings. The third-order valence-electron chi connectivity index (χ3n) is 4.70. The number of hydrogen-bond acceptors (Lipinski definition) is 4. The van der Waals surface area contributed by atoms with Crippen molar-refractivity contribution in [3.63, 3.8) is 0 Å². The van der Waals surface area contributed by atoms with Gasteiger partial charge in [0.1, 0.15) is 0 Å². The van der Waals surface area contributed by atoms with E-state index in [1.54, 1.807) is 12.1 Å². The molecule has 2 N–H and O–H groups in total. The van der Waals surface area contributed by atoms with Crippen molar-refractivity contribution in [1.82, 2.24) is 5.32 Å². The van der Waals surface area contributed by atoms with Crippen LogP contribution in [0.25, 0.3) is 5.70 Å². The van der Waals surface area contributed by atoms with Crippen molar-refractivity contribution in [2.45, 2.75) is 39.2 Å². The third kappa shape index (κ3) is 5.35. The molecule has 0 bridgehead atoms. The maximum absolute atomic E-state index is 12.6. The lowest BCUT2D eigenvalue weighted by Gasteiger charge is -2.19. The fourth-order valence-electron chi connectivity index (χ4n) is 2.93. The van der Waals surface area contributed by atoms with E-state index in [1.165, 1.54) is 5.56 Å². The van der Waals surface area contributed by atoms with E-state index in [9.17, 15) is 9.90 Å². The van der Waals surface area contributed by atoms with Crippen LogP contribution in [-0.4, -0.2) is 23.5 Å². The Kier molecular flexibility index (Phi) is 6.74. The molecule has 30 heavy (non-hydrogen) atoms. The highest BCUT2D eigenvalue weighted by Crippen LogP contribution is 2.35. The zero-order valence-corrected chi connectivity index (χ0v) is 18.6. The molecule has 0 saturated carbocycles. The number of phenols is 1. The molecule has 2 aromatic carbocycles. The smallest absolute Gasteiger partial charge is 0.307 e. The summed E-state index contributed by atoms with van der Waals surface area (Å²) < 4.78 is 5.52. The van der Waals surface area contributed by atoms with Gasteiger partial charge in [0, 0.05) is 18.5 Å². The molecule has 0 atom stereocenters. The molecule has 5 nitrogen and oxygen atoms in total. The van der Waals surface area contributed by atoms with Crippen molar-refractivity contribution in [1.29, 1.82) is 0 Å². The Balaban J connectivity index is 1.73. The molecule has 0 spiro atoms. The highest BCUT2D eigenvalue weighted by atomic mass is 35.5. The number of carbonyl (C=O) groups is 1. The Morgan fingerprint density at radius 2 is 1.80 bits per heavy atom. The largest absolute Gasteiger partial charge is 0.505 e. The van der Waals surface area contributed by atoms with Gasteiger partial charge in [-0.2, -0.15) is 0 Å². The molecule has 1 amide bonds. The van der Waals surface area contributed by atoms with E-state index in [-0.39, 0.29) is 27.1 Å². The van der Waals surface area contributed by atoms with Gasteiger partial charge in [0.25, 0.3) is 5.90 Å². The number of carbonyl (C=O) groups excluding carboxylic acids is 1.